The van der Waals surface area contributed by atoms with Crippen LogP contribution in [-0.2, 0) is 4.74 Å². The van der Waals surface area contributed by atoms with Crippen LogP contribution in [0.15, 0.2) is 24.3 Å². The number of carbonyl (C=O) groups excluding carboxylic acids is 1. The number of anilines is 1. The van der Waals surface area contributed by atoms with Crippen LogP contribution in [0.4, 0.5) is 23.4 Å². The minimum Gasteiger partial charge on any atom is -0.464 e. The van der Waals surface area contributed by atoms with E-state index in [-0.39, 0.29) is 24.6 Å². The SMILES string of the molecule is COC(=O)c1nc(-c2ccc(F)cc2)c(N2CCC(F)(F)CC2)nc1F. The van der Waals surface area contributed by atoms with Gasteiger partial charge in [0.2, 0.25) is 11.6 Å². The summed E-state index contributed by atoms with van der Waals surface area (Å²) in [5.74, 6) is -5.43. The summed E-state index contributed by atoms with van der Waals surface area (Å²) in [5, 5.41) is 0. The molecule has 0 radical (unpaired) electrons. The molecular formula is C17H15F4N3O2. The van der Waals surface area contributed by atoms with Crippen molar-refractivity contribution in [2.24, 2.45) is 0 Å². The number of carbonyl (C=O) groups is 1. The third kappa shape index (κ3) is 3.61. The number of hydrogen-bond acceptors (Lipinski definition) is 5. The first kappa shape index (κ1) is 18.1. The molecule has 1 aromatic heterocycles. The van der Waals surface area contributed by atoms with Crippen LogP contribution in [0.25, 0.3) is 11.3 Å². The van der Waals surface area contributed by atoms with E-state index in [0.29, 0.717) is 5.56 Å². The number of nitrogens with zero attached hydrogens (tertiary/aromatic N) is 3. The Balaban J connectivity index is 2.09. The fourth-order valence-corrected chi connectivity index (χ4v) is 2.70. The van der Waals surface area contributed by atoms with E-state index in [4.69, 9.17) is 0 Å². The van der Waals surface area contributed by atoms with E-state index < -0.39 is 42.2 Å². The monoisotopic (exact) mass is 369 g/mol. The maximum atomic E-state index is 14.2. The first-order valence-electron chi connectivity index (χ1n) is 7.85. The zero-order valence-corrected chi connectivity index (χ0v) is 13.8. The summed E-state index contributed by atoms with van der Waals surface area (Å²) >= 11 is 0. The average molecular weight is 369 g/mol. The van der Waals surface area contributed by atoms with Crippen LogP contribution in [0.1, 0.15) is 23.3 Å². The van der Waals surface area contributed by atoms with Crippen molar-refractivity contribution in [1.29, 1.82) is 0 Å². The number of piperidine rings is 1. The summed E-state index contributed by atoms with van der Waals surface area (Å²) in [6.07, 6.45) is -0.810. The molecule has 1 saturated heterocycles. The third-order valence-electron chi connectivity index (χ3n) is 4.13. The predicted molar refractivity (Wildman–Crippen MR) is 85.1 cm³/mol. The van der Waals surface area contributed by atoms with Gasteiger partial charge in [-0.3, -0.25) is 0 Å². The van der Waals surface area contributed by atoms with Crippen molar-refractivity contribution >= 4 is 11.8 Å². The molecule has 2 aromatic rings. The predicted octanol–water partition coefficient (Wildman–Crippen LogP) is 3.44. The number of alkyl halides is 2. The van der Waals surface area contributed by atoms with Gasteiger partial charge in [0.25, 0.3) is 5.92 Å². The van der Waals surface area contributed by atoms with Crippen molar-refractivity contribution in [1.82, 2.24) is 9.97 Å². The Morgan fingerprint density at radius 1 is 1.12 bits per heavy atom. The van der Waals surface area contributed by atoms with Crippen LogP contribution < -0.4 is 4.90 Å². The van der Waals surface area contributed by atoms with Gasteiger partial charge in [0.05, 0.1) is 7.11 Å². The van der Waals surface area contributed by atoms with Gasteiger partial charge in [0, 0.05) is 31.5 Å². The molecule has 1 aliphatic rings. The Bertz CT molecular complexity index is 818. The quantitative estimate of drug-likeness (QED) is 0.613. The summed E-state index contributed by atoms with van der Waals surface area (Å²) in [7, 11) is 1.07. The van der Waals surface area contributed by atoms with E-state index in [1.807, 2.05) is 0 Å². The fourth-order valence-electron chi connectivity index (χ4n) is 2.70. The highest BCUT2D eigenvalue weighted by molar-refractivity contribution is 5.88. The van der Waals surface area contributed by atoms with Gasteiger partial charge in [-0.25, -0.2) is 22.9 Å². The number of benzene rings is 1. The van der Waals surface area contributed by atoms with Gasteiger partial charge in [-0.05, 0) is 24.3 Å². The summed E-state index contributed by atoms with van der Waals surface area (Å²) in [4.78, 5) is 20.9. The Morgan fingerprint density at radius 3 is 2.31 bits per heavy atom. The molecule has 0 N–H and O–H groups in total. The number of methoxy groups -OCH3 is 1. The van der Waals surface area contributed by atoms with Gasteiger partial charge >= 0.3 is 5.97 Å². The highest BCUT2D eigenvalue weighted by Gasteiger charge is 2.36. The van der Waals surface area contributed by atoms with Crippen LogP contribution in [0.3, 0.4) is 0 Å². The Hall–Kier alpha value is -2.71. The molecule has 1 aromatic carbocycles. The topological polar surface area (TPSA) is 55.3 Å². The van der Waals surface area contributed by atoms with Crippen molar-refractivity contribution in [2.45, 2.75) is 18.8 Å². The van der Waals surface area contributed by atoms with E-state index in [0.717, 1.165) is 7.11 Å². The van der Waals surface area contributed by atoms with Gasteiger partial charge < -0.3 is 9.64 Å². The van der Waals surface area contributed by atoms with E-state index in [9.17, 15) is 22.4 Å². The van der Waals surface area contributed by atoms with Gasteiger partial charge in [-0.15, -0.1) is 0 Å². The molecule has 9 heteroatoms. The van der Waals surface area contributed by atoms with Crippen LogP contribution in [0, 0.1) is 11.8 Å². The Kier molecular flexibility index (Phi) is 4.80. The maximum absolute atomic E-state index is 14.2. The molecular weight excluding hydrogens is 354 g/mol. The Morgan fingerprint density at radius 2 is 1.73 bits per heavy atom. The van der Waals surface area contributed by atoms with Crippen molar-refractivity contribution in [2.75, 3.05) is 25.1 Å². The number of rotatable bonds is 3. The van der Waals surface area contributed by atoms with Crippen molar-refractivity contribution in [3.8, 4) is 11.3 Å². The molecule has 2 heterocycles. The first-order chi connectivity index (χ1) is 12.3. The molecule has 1 fully saturated rings. The highest BCUT2D eigenvalue weighted by atomic mass is 19.3. The molecule has 0 atom stereocenters. The Labute approximate surface area is 146 Å². The van der Waals surface area contributed by atoms with Crippen LogP contribution in [0.5, 0.6) is 0 Å². The summed E-state index contributed by atoms with van der Waals surface area (Å²) in [6, 6.07) is 5.12. The molecule has 0 unspecified atom stereocenters. The fraction of sp³-hybridized carbons (Fsp3) is 0.353. The molecule has 138 valence electrons. The molecule has 26 heavy (non-hydrogen) atoms. The summed E-state index contributed by atoms with van der Waals surface area (Å²) < 4.78 is 58.8. The number of ether oxygens (including phenoxy) is 1. The highest BCUT2D eigenvalue weighted by Crippen LogP contribution is 2.34. The van der Waals surface area contributed by atoms with Gasteiger partial charge in [0.15, 0.2) is 5.82 Å². The molecule has 0 aliphatic carbocycles. The molecule has 1 aliphatic heterocycles. The normalized spacial score (nSPS) is 16.4. The minimum atomic E-state index is -2.79. The number of esters is 1. The van der Waals surface area contributed by atoms with E-state index >= 15 is 0 Å². The zero-order valence-electron chi connectivity index (χ0n) is 13.8. The average Bonchev–Trinajstić information content (AvgIpc) is 2.62. The first-order valence-corrected chi connectivity index (χ1v) is 7.85. The molecule has 3 rings (SSSR count). The minimum absolute atomic E-state index is 0.0252. The lowest BCUT2D eigenvalue weighted by Gasteiger charge is -2.33. The summed E-state index contributed by atoms with van der Waals surface area (Å²) in [6.45, 7) is -0.0974. The van der Waals surface area contributed by atoms with Gasteiger partial charge in [-0.1, -0.05) is 0 Å². The molecule has 0 amide bonds. The number of aromatic nitrogens is 2. The van der Waals surface area contributed by atoms with E-state index in [1.165, 1.54) is 29.2 Å². The molecule has 5 nitrogen and oxygen atoms in total. The third-order valence-corrected chi connectivity index (χ3v) is 4.13. The lowest BCUT2D eigenvalue weighted by molar-refractivity contribution is -0.0221. The zero-order chi connectivity index (χ0) is 18.9. The second kappa shape index (κ2) is 6.89. The van der Waals surface area contributed by atoms with Crippen molar-refractivity contribution < 1.29 is 27.1 Å². The number of halogens is 4. The lowest BCUT2D eigenvalue weighted by Crippen LogP contribution is -2.40. The van der Waals surface area contributed by atoms with Crippen molar-refractivity contribution in [3.63, 3.8) is 0 Å². The number of hydrogen-bond donors (Lipinski definition) is 0. The molecule has 0 spiro atoms. The summed E-state index contributed by atoms with van der Waals surface area (Å²) in [5.41, 5.74) is -0.161. The standard InChI is InChI=1S/C17H15F4N3O2/c1-26-16(25)13-14(19)23-15(24-8-6-17(20,21)7-9-24)12(22-13)10-2-4-11(18)5-3-10/h2-5H,6-9H2,1H3. The van der Waals surface area contributed by atoms with Crippen LogP contribution in [0.2, 0.25) is 0 Å². The lowest BCUT2D eigenvalue weighted by atomic mass is 10.1. The van der Waals surface area contributed by atoms with Crippen molar-refractivity contribution in [3.05, 3.63) is 41.7 Å². The molecule has 0 bridgehead atoms. The van der Waals surface area contributed by atoms with Crippen LogP contribution >= 0.6 is 0 Å². The second-order valence-electron chi connectivity index (χ2n) is 5.88. The van der Waals surface area contributed by atoms with E-state index in [2.05, 4.69) is 14.7 Å². The second-order valence-corrected chi connectivity index (χ2v) is 5.88. The molecule has 0 saturated carbocycles. The van der Waals surface area contributed by atoms with Crippen LogP contribution in [-0.4, -0.2) is 42.1 Å². The van der Waals surface area contributed by atoms with Gasteiger partial charge in [0.1, 0.15) is 11.5 Å². The largest absolute Gasteiger partial charge is 0.464 e. The maximum Gasteiger partial charge on any atom is 0.361 e. The van der Waals surface area contributed by atoms with E-state index in [1.54, 1.807) is 0 Å². The van der Waals surface area contributed by atoms with Gasteiger partial charge in [-0.2, -0.15) is 9.37 Å². The smallest absolute Gasteiger partial charge is 0.361 e.